The molecule has 2 rings (SSSR count). The molecule has 0 fully saturated rings. The minimum atomic E-state index is -1.07. The first-order chi connectivity index (χ1) is 13.0. The van der Waals surface area contributed by atoms with Gasteiger partial charge in [-0.05, 0) is 54.1 Å². The van der Waals surface area contributed by atoms with Gasteiger partial charge >= 0.3 is 17.8 Å². The molecule has 0 radical (unpaired) electrons. The molecule has 3 N–H and O–H groups in total. The fourth-order valence-electron chi connectivity index (χ4n) is 1.87. The molecule has 140 valence electrons. The van der Waals surface area contributed by atoms with Crippen molar-refractivity contribution < 1.29 is 29.0 Å². The van der Waals surface area contributed by atoms with Crippen molar-refractivity contribution in [2.45, 2.75) is 0 Å². The molecule has 0 aliphatic carbocycles. The van der Waals surface area contributed by atoms with E-state index in [1.807, 2.05) is 0 Å². The van der Waals surface area contributed by atoms with Crippen LogP contribution in [0.4, 0.5) is 5.69 Å². The van der Waals surface area contributed by atoms with E-state index in [4.69, 9.17) is 14.6 Å². The first-order valence-corrected chi connectivity index (χ1v) is 7.71. The number of hydrazone groups is 1. The van der Waals surface area contributed by atoms with Gasteiger partial charge in [0.1, 0.15) is 11.5 Å². The minimum absolute atomic E-state index is 0.387. The lowest BCUT2D eigenvalue weighted by molar-refractivity contribution is -0.139. The van der Waals surface area contributed by atoms with Crippen LogP contribution in [-0.2, 0) is 14.4 Å². The van der Waals surface area contributed by atoms with E-state index in [-0.39, 0.29) is 0 Å². The van der Waals surface area contributed by atoms with Crippen molar-refractivity contribution in [1.29, 1.82) is 0 Å². The van der Waals surface area contributed by atoms with Crippen LogP contribution < -0.4 is 20.2 Å². The maximum atomic E-state index is 11.8. The number of aliphatic carboxylic acids is 1. The summed E-state index contributed by atoms with van der Waals surface area (Å²) in [6, 6.07) is 12.8. The largest absolute Gasteiger partial charge is 0.497 e. The highest BCUT2D eigenvalue weighted by atomic mass is 16.5. The lowest BCUT2D eigenvalue weighted by Gasteiger charge is -2.05. The molecule has 0 unspecified atom stereocenters. The van der Waals surface area contributed by atoms with Crippen LogP contribution in [0, 0.1) is 0 Å². The number of carbonyl (C=O) groups is 3. The smallest absolute Gasteiger partial charge is 0.341 e. The van der Waals surface area contributed by atoms with Gasteiger partial charge in [0, 0.05) is 5.69 Å². The van der Waals surface area contributed by atoms with Gasteiger partial charge in [0.05, 0.1) is 13.3 Å². The summed E-state index contributed by atoms with van der Waals surface area (Å²) < 4.78 is 10.00. The monoisotopic (exact) mass is 371 g/mol. The van der Waals surface area contributed by atoms with Gasteiger partial charge in [0.2, 0.25) is 0 Å². The number of benzene rings is 2. The molecule has 0 saturated heterocycles. The summed E-state index contributed by atoms with van der Waals surface area (Å²) in [5.41, 5.74) is 3.17. The second kappa shape index (κ2) is 9.56. The van der Waals surface area contributed by atoms with Crippen molar-refractivity contribution in [3.8, 4) is 11.5 Å². The Morgan fingerprint density at radius 1 is 1.00 bits per heavy atom. The molecule has 0 atom stereocenters. The summed E-state index contributed by atoms with van der Waals surface area (Å²) in [6.45, 7) is -0.438. The van der Waals surface area contributed by atoms with Crippen molar-refractivity contribution in [2.24, 2.45) is 5.10 Å². The zero-order valence-electron chi connectivity index (χ0n) is 14.3. The highest BCUT2D eigenvalue weighted by Gasteiger charge is 2.12. The lowest BCUT2D eigenvalue weighted by Crippen LogP contribution is -2.32. The average molecular weight is 371 g/mol. The number of amides is 2. The normalized spacial score (nSPS) is 10.3. The number of carbonyl (C=O) groups excluding carboxylic acids is 2. The Labute approximate surface area is 154 Å². The van der Waals surface area contributed by atoms with Gasteiger partial charge in [0.15, 0.2) is 6.61 Å². The van der Waals surface area contributed by atoms with E-state index in [0.717, 1.165) is 0 Å². The molecule has 0 spiro atoms. The molecule has 0 heterocycles. The second-order valence-corrected chi connectivity index (χ2v) is 5.13. The molecule has 2 amide bonds. The van der Waals surface area contributed by atoms with Gasteiger partial charge < -0.3 is 19.9 Å². The summed E-state index contributed by atoms with van der Waals surface area (Å²) in [5, 5.41) is 14.7. The third kappa shape index (κ3) is 6.50. The predicted octanol–water partition coefficient (Wildman–Crippen LogP) is 1.25. The highest BCUT2D eigenvalue weighted by molar-refractivity contribution is 6.39. The van der Waals surface area contributed by atoms with E-state index in [2.05, 4.69) is 15.8 Å². The van der Waals surface area contributed by atoms with Crippen LogP contribution in [0.3, 0.4) is 0 Å². The van der Waals surface area contributed by atoms with E-state index < -0.39 is 24.4 Å². The Morgan fingerprint density at radius 3 is 2.22 bits per heavy atom. The van der Waals surface area contributed by atoms with Gasteiger partial charge in [0.25, 0.3) is 0 Å². The molecule has 0 aromatic heterocycles. The molecule has 27 heavy (non-hydrogen) atoms. The first kappa shape index (κ1) is 19.4. The molecule has 2 aromatic carbocycles. The van der Waals surface area contributed by atoms with E-state index >= 15 is 0 Å². The quantitative estimate of drug-likeness (QED) is 0.382. The fraction of sp³-hybridized carbons (Fsp3) is 0.111. The van der Waals surface area contributed by atoms with E-state index in [1.54, 1.807) is 48.5 Å². The molecular weight excluding hydrogens is 354 g/mol. The van der Waals surface area contributed by atoms with Crippen LogP contribution in [0.2, 0.25) is 0 Å². The fourth-order valence-corrected chi connectivity index (χ4v) is 1.87. The summed E-state index contributed by atoms with van der Waals surface area (Å²) in [5.74, 6) is -1.85. The van der Waals surface area contributed by atoms with E-state index in [9.17, 15) is 14.4 Å². The number of hydrogen-bond donors (Lipinski definition) is 3. The Balaban J connectivity index is 1.82. The Morgan fingerprint density at radius 2 is 1.63 bits per heavy atom. The standard InChI is InChI=1S/C18H17N3O6/c1-26-14-8-4-13(5-9-14)20-17(24)18(25)21-19-10-12-2-6-15(7-3-12)27-11-16(22)23/h2-10H,11H2,1H3,(H,20,24)(H,21,25)(H,22,23)/b19-10+. The molecule has 0 bridgehead atoms. The highest BCUT2D eigenvalue weighted by Crippen LogP contribution is 2.14. The number of nitrogens with one attached hydrogen (secondary N) is 2. The number of hydrogen-bond acceptors (Lipinski definition) is 6. The Hall–Kier alpha value is -3.88. The van der Waals surface area contributed by atoms with Crippen molar-refractivity contribution in [1.82, 2.24) is 5.43 Å². The first-order valence-electron chi connectivity index (χ1n) is 7.71. The Kier molecular flexibility index (Phi) is 6.89. The second-order valence-electron chi connectivity index (χ2n) is 5.13. The molecule has 0 saturated carbocycles. The zero-order chi connectivity index (χ0) is 19.6. The molecule has 0 aliphatic rings. The number of methoxy groups -OCH3 is 1. The lowest BCUT2D eigenvalue weighted by atomic mass is 10.2. The summed E-state index contributed by atoms with van der Waals surface area (Å²) in [4.78, 5) is 33.9. The van der Waals surface area contributed by atoms with Gasteiger partial charge in [-0.25, -0.2) is 10.2 Å². The van der Waals surface area contributed by atoms with Crippen molar-refractivity contribution in [3.05, 3.63) is 54.1 Å². The molecule has 2 aromatic rings. The third-order valence-corrected chi connectivity index (χ3v) is 3.18. The minimum Gasteiger partial charge on any atom is -0.497 e. The summed E-state index contributed by atoms with van der Waals surface area (Å²) in [6.07, 6.45) is 1.33. The molecule has 9 heteroatoms. The predicted molar refractivity (Wildman–Crippen MR) is 96.9 cm³/mol. The van der Waals surface area contributed by atoms with Crippen LogP contribution in [0.15, 0.2) is 53.6 Å². The summed E-state index contributed by atoms with van der Waals surface area (Å²) >= 11 is 0. The maximum Gasteiger partial charge on any atom is 0.341 e. The molecule has 9 nitrogen and oxygen atoms in total. The van der Waals surface area contributed by atoms with Gasteiger partial charge in [-0.3, -0.25) is 9.59 Å². The Bertz CT molecular complexity index is 831. The van der Waals surface area contributed by atoms with Gasteiger partial charge in [-0.15, -0.1) is 0 Å². The van der Waals surface area contributed by atoms with Crippen molar-refractivity contribution >= 4 is 29.7 Å². The number of rotatable bonds is 7. The maximum absolute atomic E-state index is 11.8. The van der Waals surface area contributed by atoms with Crippen LogP contribution in [-0.4, -0.2) is 42.8 Å². The number of ether oxygens (including phenoxy) is 2. The average Bonchev–Trinajstić information content (AvgIpc) is 2.67. The van der Waals surface area contributed by atoms with E-state index in [1.165, 1.54) is 13.3 Å². The number of carboxylic acid groups (broad SMARTS) is 1. The van der Waals surface area contributed by atoms with E-state index in [0.29, 0.717) is 22.7 Å². The number of carboxylic acids is 1. The van der Waals surface area contributed by atoms with Crippen molar-refractivity contribution in [2.75, 3.05) is 19.0 Å². The zero-order valence-corrected chi connectivity index (χ0v) is 14.3. The van der Waals surface area contributed by atoms with Gasteiger partial charge in [-0.2, -0.15) is 5.10 Å². The van der Waals surface area contributed by atoms with Crippen LogP contribution in [0.25, 0.3) is 0 Å². The van der Waals surface area contributed by atoms with Gasteiger partial charge in [-0.1, -0.05) is 0 Å². The number of anilines is 1. The summed E-state index contributed by atoms with van der Waals surface area (Å²) in [7, 11) is 1.52. The van der Waals surface area contributed by atoms with Crippen LogP contribution in [0.5, 0.6) is 11.5 Å². The molecule has 0 aliphatic heterocycles. The SMILES string of the molecule is COc1ccc(NC(=O)C(=O)N/N=C/c2ccc(OCC(=O)O)cc2)cc1. The number of nitrogens with zero attached hydrogens (tertiary/aromatic N) is 1. The topological polar surface area (TPSA) is 126 Å². The van der Waals surface area contributed by atoms with Crippen LogP contribution in [0.1, 0.15) is 5.56 Å². The van der Waals surface area contributed by atoms with Crippen LogP contribution >= 0.6 is 0 Å². The third-order valence-electron chi connectivity index (χ3n) is 3.18. The van der Waals surface area contributed by atoms with Crippen molar-refractivity contribution in [3.63, 3.8) is 0 Å². The molecular formula is C18H17N3O6.